The third kappa shape index (κ3) is 3.45. The van der Waals surface area contributed by atoms with Crippen molar-refractivity contribution in [1.82, 2.24) is 9.88 Å². The Morgan fingerprint density at radius 2 is 2.28 bits per heavy atom. The number of unbranched alkanes of at least 4 members (excludes halogenated alkanes) is 1. The maximum absolute atomic E-state index is 4.52. The average Bonchev–Trinajstić information content (AvgIpc) is 2.41. The number of likely N-dealkylation sites (tertiary alicyclic amines) is 1. The molecule has 0 bridgehead atoms. The molecule has 1 saturated heterocycles. The zero-order valence-corrected chi connectivity index (χ0v) is 11.7. The minimum Gasteiger partial charge on any atom is -0.370 e. The molecule has 0 unspecified atom stereocenters. The second-order valence-corrected chi connectivity index (χ2v) is 5.25. The number of nitrogens with zero attached hydrogens (tertiary/aromatic N) is 2. The lowest BCUT2D eigenvalue weighted by atomic mass is 9.97. The van der Waals surface area contributed by atoms with E-state index in [1.54, 1.807) is 0 Å². The van der Waals surface area contributed by atoms with Gasteiger partial charge < -0.3 is 5.32 Å². The van der Waals surface area contributed by atoms with Crippen molar-refractivity contribution >= 4 is 5.82 Å². The van der Waals surface area contributed by atoms with Crippen LogP contribution in [0.2, 0.25) is 0 Å². The van der Waals surface area contributed by atoms with Gasteiger partial charge in [0.05, 0.1) is 0 Å². The number of aromatic nitrogens is 1. The van der Waals surface area contributed by atoms with Crippen LogP contribution in [0.15, 0.2) is 18.3 Å². The lowest BCUT2D eigenvalue weighted by molar-refractivity contribution is 0.187. The zero-order valence-electron chi connectivity index (χ0n) is 11.7. The van der Waals surface area contributed by atoms with Crippen molar-refractivity contribution in [1.29, 1.82) is 0 Å². The molecule has 2 heterocycles. The summed E-state index contributed by atoms with van der Waals surface area (Å²) in [5, 5.41) is 3.36. The molecular formula is C15H25N3. The van der Waals surface area contributed by atoms with Crippen LogP contribution in [0, 0.1) is 0 Å². The summed E-state index contributed by atoms with van der Waals surface area (Å²) in [7, 11) is 2.22. The molecule has 1 N–H and O–H groups in total. The summed E-state index contributed by atoms with van der Waals surface area (Å²) in [5.74, 6) is 1.01. The predicted octanol–water partition coefficient (Wildman–Crippen LogP) is 3.45. The van der Waals surface area contributed by atoms with Crippen molar-refractivity contribution in [3.8, 4) is 0 Å². The van der Waals surface area contributed by atoms with Crippen LogP contribution in [0.3, 0.4) is 0 Å². The van der Waals surface area contributed by atoms with E-state index in [2.05, 4.69) is 41.3 Å². The number of hydrogen-bond acceptors (Lipinski definition) is 3. The minimum absolute atomic E-state index is 0.566. The summed E-state index contributed by atoms with van der Waals surface area (Å²) in [6.45, 7) is 4.43. The maximum atomic E-state index is 4.52. The van der Waals surface area contributed by atoms with Gasteiger partial charge in [0, 0.05) is 18.8 Å². The Balaban J connectivity index is 1.94. The molecule has 2 rings (SSSR count). The molecule has 1 aromatic rings. The fraction of sp³-hybridized carbons (Fsp3) is 0.667. The normalized spacial score (nSPS) is 20.9. The fourth-order valence-corrected chi connectivity index (χ4v) is 2.60. The largest absolute Gasteiger partial charge is 0.370 e. The van der Waals surface area contributed by atoms with E-state index < -0.39 is 0 Å². The first-order chi connectivity index (χ1) is 8.81. The Morgan fingerprint density at radius 3 is 2.94 bits per heavy atom. The van der Waals surface area contributed by atoms with Gasteiger partial charge in [0.25, 0.3) is 0 Å². The summed E-state index contributed by atoms with van der Waals surface area (Å²) in [6.07, 6.45) is 8.40. The third-order valence-corrected chi connectivity index (χ3v) is 3.78. The summed E-state index contributed by atoms with van der Waals surface area (Å²) in [6, 6.07) is 4.91. The van der Waals surface area contributed by atoms with Crippen molar-refractivity contribution in [3.05, 3.63) is 23.9 Å². The van der Waals surface area contributed by atoms with Crippen molar-refractivity contribution in [2.45, 2.75) is 45.1 Å². The van der Waals surface area contributed by atoms with E-state index in [1.165, 1.54) is 44.2 Å². The third-order valence-electron chi connectivity index (χ3n) is 3.78. The molecule has 1 aliphatic heterocycles. The highest BCUT2D eigenvalue weighted by atomic mass is 15.1. The predicted molar refractivity (Wildman–Crippen MR) is 76.9 cm³/mol. The lowest BCUT2D eigenvalue weighted by Gasteiger charge is -2.32. The molecule has 1 atom stereocenters. The van der Waals surface area contributed by atoms with E-state index in [-0.39, 0.29) is 0 Å². The van der Waals surface area contributed by atoms with Gasteiger partial charge in [-0.15, -0.1) is 0 Å². The van der Waals surface area contributed by atoms with E-state index in [1.807, 2.05) is 6.20 Å². The van der Waals surface area contributed by atoms with Crippen molar-refractivity contribution in [3.63, 3.8) is 0 Å². The van der Waals surface area contributed by atoms with Crippen LogP contribution in [0.1, 0.15) is 50.6 Å². The van der Waals surface area contributed by atoms with Crippen LogP contribution in [0.5, 0.6) is 0 Å². The summed E-state index contributed by atoms with van der Waals surface area (Å²) in [5.41, 5.74) is 1.36. The molecule has 1 aliphatic rings. The molecule has 0 saturated carbocycles. The number of nitrogens with one attached hydrogen (secondary N) is 1. The van der Waals surface area contributed by atoms with Crippen LogP contribution in [0.4, 0.5) is 5.82 Å². The van der Waals surface area contributed by atoms with Gasteiger partial charge in [0.15, 0.2) is 0 Å². The highest BCUT2D eigenvalue weighted by Gasteiger charge is 2.20. The van der Waals surface area contributed by atoms with Crippen LogP contribution in [0.25, 0.3) is 0 Å². The minimum atomic E-state index is 0.566. The second kappa shape index (κ2) is 6.74. The molecule has 1 fully saturated rings. The first kappa shape index (κ1) is 13.3. The van der Waals surface area contributed by atoms with E-state index in [4.69, 9.17) is 0 Å². The van der Waals surface area contributed by atoms with E-state index in [9.17, 15) is 0 Å². The first-order valence-corrected chi connectivity index (χ1v) is 7.21. The Bertz CT molecular complexity index is 347. The molecule has 100 valence electrons. The number of rotatable bonds is 5. The SMILES string of the molecule is CCCCNc1ccc([C@@H]2CCCCN2C)cn1. The monoisotopic (exact) mass is 247 g/mol. The van der Waals surface area contributed by atoms with Gasteiger partial charge in [-0.2, -0.15) is 0 Å². The number of anilines is 1. The Hall–Kier alpha value is -1.09. The smallest absolute Gasteiger partial charge is 0.125 e. The molecular weight excluding hydrogens is 222 g/mol. The van der Waals surface area contributed by atoms with Gasteiger partial charge in [-0.05, 0) is 44.5 Å². The van der Waals surface area contributed by atoms with Crippen molar-refractivity contribution in [2.24, 2.45) is 0 Å². The van der Waals surface area contributed by atoms with Crippen LogP contribution in [-0.2, 0) is 0 Å². The molecule has 0 spiro atoms. The van der Waals surface area contributed by atoms with E-state index >= 15 is 0 Å². The molecule has 0 aliphatic carbocycles. The number of hydrogen-bond donors (Lipinski definition) is 1. The number of pyridine rings is 1. The van der Waals surface area contributed by atoms with Gasteiger partial charge in [-0.1, -0.05) is 25.8 Å². The number of piperidine rings is 1. The Morgan fingerprint density at radius 1 is 1.39 bits per heavy atom. The topological polar surface area (TPSA) is 28.2 Å². The van der Waals surface area contributed by atoms with Gasteiger partial charge in [0.1, 0.15) is 5.82 Å². The standard InChI is InChI=1S/C15H25N3/c1-3-4-10-16-15-9-8-13(12-17-15)14-7-5-6-11-18(14)2/h8-9,12,14H,3-7,10-11H2,1-2H3,(H,16,17)/t14-/m0/s1. The quantitative estimate of drug-likeness (QED) is 0.808. The van der Waals surface area contributed by atoms with Gasteiger partial charge in [0.2, 0.25) is 0 Å². The molecule has 3 nitrogen and oxygen atoms in total. The zero-order chi connectivity index (χ0) is 12.8. The van der Waals surface area contributed by atoms with Crippen LogP contribution in [-0.4, -0.2) is 30.0 Å². The highest BCUT2D eigenvalue weighted by molar-refractivity contribution is 5.36. The van der Waals surface area contributed by atoms with E-state index in [0.29, 0.717) is 6.04 Å². The second-order valence-electron chi connectivity index (χ2n) is 5.25. The first-order valence-electron chi connectivity index (χ1n) is 7.21. The molecule has 0 amide bonds. The summed E-state index contributed by atoms with van der Waals surface area (Å²) >= 11 is 0. The molecule has 0 radical (unpaired) electrons. The van der Waals surface area contributed by atoms with Gasteiger partial charge >= 0.3 is 0 Å². The van der Waals surface area contributed by atoms with Crippen LogP contribution >= 0.6 is 0 Å². The fourth-order valence-electron chi connectivity index (χ4n) is 2.60. The van der Waals surface area contributed by atoms with Gasteiger partial charge in [-0.25, -0.2) is 4.98 Å². The molecule has 3 heteroatoms. The van der Waals surface area contributed by atoms with E-state index in [0.717, 1.165) is 12.4 Å². The molecule has 18 heavy (non-hydrogen) atoms. The maximum Gasteiger partial charge on any atom is 0.125 e. The lowest BCUT2D eigenvalue weighted by Crippen LogP contribution is -2.29. The highest BCUT2D eigenvalue weighted by Crippen LogP contribution is 2.29. The van der Waals surface area contributed by atoms with Crippen molar-refractivity contribution < 1.29 is 0 Å². The summed E-state index contributed by atoms with van der Waals surface area (Å²) < 4.78 is 0. The molecule has 1 aromatic heterocycles. The molecule has 0 aromatic carbocycles. The average molecular weight is 247 g/mol. The van der Waals surface area contributed by atoms with Crippen molar-refractivity contribution in [2.75, 3.05) is 25.5 Å². The van der Waals surface area contributed by atoms with Crippen LogP contribution < -0.4 is 5.32 Å². The van der Waals surface area contributed by atoms with Gasteiger partial charge in [-0.3, -0.25) is 4.90 Å². The summed E-state index contributed by atoms with van der Waals surface area (Å²) in [4.78, 5) is 6.97. The Labute approximate surface area is 111 Å². The Kier molecular flexibility index (Phi) is 5.00.